The largest absolute Gasteiger partial charge is 0.494 e. The summed E-state index contributed by atoms with van der Waals surface area (Å²) in [5.74, 6) is -1.26. The van der Waals surface area contributed by atoms with Crippen LogP contribution in [0.15, 0.2) is 65.8 Å². The van der Waals surface area contributed by atoms with Gasteiger partial charge in [-0.2, -0.15) is 5.10 Å². The predicted molar refractivity (Wildman–Crippen MR) is 141 cm³/mol. The average molecular weight is 524 g/mol. The Morgan fingerprint density at radius 1 is 1.00 bits per heavy atom. The van der Waals surface area contributed by atoms with E-state index in [9.17, 15) is 14.4 Å². The zero-order valence-corrected chi connectivity index (χ0v) is 21.3. The maximum absolute atomic E-state index is 12.5. The molecule has 0 saturated carbocycles. The smallest absolute Gasteiger partial charge is 0.343 e. The molecular formula is C27H26ClN3O6. The summed E-state index contributed by atoms with van der Waals surface area (Å²) >= 11 is 6.03. The lowest BCUT2D eigenvalue weighted by atomic mass is 10.2. The Balaban J connectivity index is 1.59. The third-order valence-electron chi connectivity index (χ3n) is 5.06. The normalized spacial score (nSPS) is 10.6. The third kappa shape index (κ3) is 7.55. The summed E-state index contributed by atoms with van der Waals surface area (Å²) in [6.07, 6.45) is 2.20. The molecule has 10 heteroatoms. The van der Waals surface area contributed by atoms with Crippen molar-refractivity contribution in [1.82, 2.24) is 5.43 Å². The fraction of sp³-hybridized carbons (Fsp3) is 0.185. The van der Waals surface area contributed by atoms with Crippen molar-refractivity contribution < 1.29 is 28.6 Å². The fourth-order valence-electron chi connectivity index (χ4n) is 3.05. The van der Waals surface area contributed by atoms with E-state index in [1.807, 2.05) is 6.92 Å². The van der Waals surface area contributed by atoms with Crippen LogP contribution in [0.4, 0.5) is 5.69 Å². The van der Waals surface area contributed by atoms with Crippen molar-refractivity contribution >= 4 is 41.3 Å². The van der Waals surface area contributed by atoms with Crippen molar-refractivity contribution in [3.05, 3.63) is 82.4 Å². The number of hydrazone groups is 1. The molecule has 0 radical (unpaired) electrons. The van der Waals surface area contributed by atoms with Gasteiger partial charge in [-0.15, -0.1) is 0 Å². The maximum atomic E-state index is 12.5. The number of anilines is 1. The van der Waals surface area contributed by atoms with Crippen LogP contribution in [0.25, 0.3) is 0 Å². The van der Waals surface area contributed by atoms with E-state index in [0.717, 1.165) is 6.42 Å². The second kappa shape index (κ2) is 13.1. The molecule has 0 unspecified atom stereocenters. The molecule has 3 aromatic carbocycles. The highest BCUT2D eigenvalue weighted by atomic mass is 35.5. The molecule has 0 heterocycles. The van der Waals surface area contributed by atoms with E-state index in [4.69, 9.17) is 25.8 Å². The molecule has 0 aromatic heterocycles. The molecule has 2 N–H and O–H groups in total. The first-order valence-electron chi connectivity index (χ1n) is 11.3. The average Bonchev–Trinajstić information content (AvgIpc) is 2.90. The summed E-state index contributed by atoms with van der Waals surface area (Å²) in [5.41, 5.74) is 4.10. The number of carbonyl (C=O) groups is 3. The number of carbonyl (C=O) groups excluding carboxylic acids is 3. The zero-order chi connectivity index (χ0) is 26.8. The Kier molecular flexibility index (Phi) is 9.62. The Morgan fingerprint density at radius 3 is 2.46 bits per heavy atom. The second-order valence-electron chi connectivity index (χ2n) is 7.74. The molecule has 3 rings (SSSR count). The molecule has 37 heavy (non-hydrogen) atoms. The first kappa shape index (κ1) is 27.2. The van der Waals surface area contributed by atoms with Gasteiger partial charge in [-0.25, -0.2) is 10.2 Å². The van der Waals surface area contributed by atoms with E-state index in [0.29, 0.717) is 39.8 Å². The van der Waals surface area contributed by atoms with E-state index in [1.165, 1.54) is 19.4 Å². The molecule has 0 aliphatic rings. The Morgan fingerprint density at radius 2 is 1.76 bits per heavy atom. The number of ether oxygens (including phenoxy) is 3. The summed E-state index contributed by atoms with van der Waals surface area (Å²) in [5, 5.41) is 6.75. The van der Waals surface area contributed by atoms with Crippen LogP contribution in [0.5, 0.6) is 17.2 Å². The summed E-state index contributed by atoms with van der Waals surface area (Å²) in [6.45, 7) is 4.33. The quantitative estimate of drug-likeness (QED) is 0.137. The van der Waals surface area contributed by atoms with E-state index in [1.54, 1.807) is 61.5 Å². The predicted octanol–water partition coefficient (Wildman–Crippen LogP) is 4.75. The number of halogens is 1. The number of rotatable bonds is 9. The molecule has 0 aliphatic carbocycles. The molecule has 3 aromatic rings. The van der Waals surface area contributed by atoms with E-state index >= 15 is 0 Å². The van der Waals surface area contributed by atoms with E-state index < -0.39 is 17.8 Å². The van der Waals surface area contributed by atoms with Crippen molar-refractivity contribution in [2.45, 2.75) is 20.3 Å². The van der Waals surface area contributed by atoms with Gasteiger partial charge in [-0.05, 0) is 79.1 Å². The van der Waals surface area contributed by atoms with Crippen LogP contribution in [0.2, 0.25) is 5.02 Å². The SMILES string of the molecule is CCCOc1ccc(C(=O)Oc2ccc(C=NNC(=O)C(=O)Nc3cccc(Cl)c3C)cc2OC)cc1. The summed E-state index contributed by atoms with van der Waals surface area (Å²) < 4.78 is 16.3. The number of nitrogens with one attached hydrogen (secondary N) is 2. The lowest BCUT2D eigenvalue weighted by Gasteiger charge is -2.10. The lowest BCUT2D eigenvalue weighted by molar-refractivity contribution is -0.136. The zero-order valence-electron chi connectivity index (χ0n) is 20.5. The van der Waals surface area contributed by atoms with Crippen LogP contribution in [0, 0.1) is 6.92 Å². The molecule has 0 fully saturated rings. The topological polar surface area (TPSA) is 115 Å². The Hall–Kier alpha value is -4.37. The summed E-state index contributed by atoms with van der Waals surface area (Å²) in [4.78, 5) is 36.7. The van der Waals surface area contributed by atoms with Crippen molar-refractivity contribution in [2.24, 2.45) is 5.10 Å². The Labute approximate surface area is 219 Å². The molecule has 0 aliphatic heterocycles. The van der Waals surface area contributed by atoms with Gasteiger partial charge in [0.25, 0.3) is 0 Å². The van der Waals surface area contributed by atoms with Crippen LogP contribution in [-0.2, 0) is 9.59 Å². The van der Waals surface area contributed by atoms with Crippen LogP contribution in [0.3, 0.4) is 0 Å². The second-order valence-corrected chi connectivity index (χ2v) is 8.15. The number of methoxy groups -OCH3 is 1. The molecular weight excluding hydrogens is 498 g/mol. The van der Waals surface area contributed by atoms with E-state index in [-0.39, 0.29) is 11.5 Å². The standard InChI is InChI=1S/C27H26ClN3O6/c1-4-14-36-20-11-9-19(10-12-20)27(34)37-23-13-8-18(15-24(23)35-3)16-29-31-26(33)25(32)30-22-7-5-6-21(28)17(22)2/h5-13,15-16H,4,14H2,1-3H3,(H,30,32)(H,31,33). The highest BCUT2D eigenvalue weighted by molar-refractivity contribution is 6.40. The van der Waals surface area contributed by atoms with Gasteiger partial charge in [0, 0.05) is 10.7 Å². The highest BCUT2D eigenvalue weighted by Gasteiger charge is 2.15. The number of hydrogen-bond acceptors (Lipinski definition) is 7. The number of amides is 2. The van der Waals surface area contributed by atoms with Gasteiger partial charge in [0.15, 0.2) is 11.5 Å². The van der Waals surface area contributed by atoms with Gasteiger partial charge in [0.2, 0.25) is 0 Å². The fourth-order valence-corrected chi connectivity index (χ4v) is 3.23. The first-order valence-corrected chi connectivity index (χ1v) is 11.7. The van der Waals surface area contributed by atoms with Gasteiger partial charge in [0.1, 0.15) is 5.75 Å². The Bertz CT molecular complexity index is 1310. The van der Waals surface area contributed by atoms with Gasteiger partial charge < -0.3 is 19.5 Å². The maximum Gasteiger partial charge on any atom is 0.343 e. The molecule has 9 nitrogen and oxygen atoms in total. The van der Waals surface area contributed by atoms with Crippen molar-refractivity contribution in [3.63, 3.8) is 0 Å². The lowest BCUT2D eigenvalue weighted by Crippen LogP contribution is -2.32. The minimum Gasteiger partial charge on any atom is -0.494 e. The van der Waals surface area contributed by atoms with Crippen molar-refractivity contribution in [3.8, 4) is 17.2 Å². The van der Waals surface area contributed by atoms with Crippen LogP contribution in [-0.4, -0.2) is 37.7 Å². The van der Waals surface area contributed by atoms with Crippen molar-refractivity contribution in [2.75, 3.05) is 19.0 Å². The van der Waals surface area contributed by atoms with Gasteiger partial charge in [-0.3, -0.25) is 9.59 Å². The first-order chi connectivity index (χ1) is 17.8. The van der Waals surface area contributed by atoms with E-state index in [2.05, 4.69) is 15.8 Å². The minimum absolute atomic E-state index is 0.205. The number of benzene rings is 3. The summed E-state index contributed by atoms with van der Waals surface area (Å²) in [7, 11) is 1.43. The summed E-state index contributed by atoms with van der Waals surface area (Å²) in [6, 6.07) is 16.3. The third-order valence-corrected chi connectivity index (χ3v) is 5.46. The molecule has 0 atom stereocenters. The van der Waals surface area contributed by atoms with Crippen LogP contribution >= 0.6 is 11.6 Å². The van der Waals surface area contributed by atoms with Gasteiger partial charge in [-0.1, -0.05) is 24.6 Å². The molecule has 0 bridgehead atoms. The number of esters is 1. The molecule has 0 spiro atoms. The highest BCUT2D eigenvalue weighted by Crippen LogP contribution is 2.28. The number of nitrogens with zero attached hydrogens (tertiary/aromatic N) is 1. The van der Waals surface area contributed by atoms with Gasteiger partial charge >= 0.3 is 17.8 Å². The molecule has 0 saturated heterocycles. The van der Waals surface area contributed by atoms with Crippen LogP contribution in [0.1, 0.15) is 34.8 Å². The van der Waals surface area contributed by atoms with Crippen molar-refractivity contribution in [1.29, 1.82) is 0 Å². The minimum atomic E-state index is -0.959. The molecule has 192 valence electrons. The molecule has 2 amide bonds. The van der Waals surface area contributed by atoms with Gasteiger partial charge in [0.05, 0.1) is 25.5 Å². The van der Waals surface area contributed by atoms with Crippen LogP contribution < -0.4 is 25.0 Å². The number of hydrogen-bond donors (Lipinski definition) is 2. The monoisotopic (exact) mass is 523 g/mol.